The van der Waals surface area contributed by atoms with Crippen molar-refractivity contribution in [2.75, 3.05) is 6.79 Å². The first-order valence-electron chi connectivity index (χ1n) is 7.00. The summed E-state index contributed by atoms with van der Waals surface area (Å²) < 4.78 is 10.5. The minimum absolute atomic E-state index is 0.0325. The van der Waals surface area contributed by atoms with Crippen LogP contribution in [0.4, 0.5) is 5.69 Å². The molecule has 1 N–H and O–H groups in total. The Morgan fingerprint density at radius 3 is 2.74 bits per heavy atom. The molecule has 0 unspecified atom stereocenters. The van der Waals surface area contributed by atoms with E-state index in [4.69, 9.17) is 9.47 Å². The Kier molecular flexibility index (Phi) is 3.84. The predicted octanol–water partition coefficient (Wildman–Crippen LogP) is 2.81. The first-order valence-corrected chi connectivity index (χ1v) is 7.00. The van der Waals surface area contributed by atoms with E-state index in [2.05, 4.69) is 5.32 Å². The maximum Gasteiger partial charge on any atom is 0.282 e. The zero-order chi connectivity index (χ0) is 16.4. The van der Waals surface area contributed by atoms with Crippen LogP contribution in [-0.2, 0) is 0 Å². The van der Waals surface area contributed by atoms with Crippen LogP contribution in [0.15, 0.2) is 42.5 Å². The summed E-state index contributed by atoms with van der Waals surface area (Å²) in [7, 11) is 0. The topological polar surface area (TPSA) is 90.7 Å². The number of hydrogen-bond donors (Lipinski definition) is 1. The number of amides is 1. The number of para-hydroxylation sites is 1. The number of rotatable bonds is 4. The summed E-state index contributed by atoms with van der Waals surface area (Å²) in [5, 5.41) is 13.8. The molecule has 0 saturated heterocycles. The molecule has 0 fully saturated rings. The molecule has 0 aliphatic carbocycles. The lowest BCUT2D eigenvalue weighted by atomic mass is 10.1. The van der Waals surface area contributed by atoms with Gasteiger partial charge in [0.25, 0.3) is 11.6 Å². The summed E-state index contributed by atoms with van der Waals surface area (Å²) in [6, 6.07) is 10.9. The molecular formula is C16H14N2O5. The number of benzene rings is 2. The van der Waals surface area contributed by atoms with Crippen molar-refractivity contribution in [2.45, 2.75) is 13.0 Å². The highest BCUT2D eigenvalue weighted by atomic mass is 16.7. The maximum absolute atomic E-state index is 12.3. The monoisotopic (exact) mass is 314 g/mol. The number of nitrogens with one attached hydrogen (secondary N) is 1. The van der Waals surface area contributed by atoms with Gasteiger partial charge in [0.05, 0.1) is 11.0 Å². The second-order valence-corrected chi connectivity index (χ2v) is 5.08. The van der Waals surface area contributed by atoms with E-state index in [-0.39, 0.29) is 24.1 Å². The molecule has 1 atom stereocenters. The lowest BCUT2D eigenvalue weighted by Gasteiger charge is -2.15. The normalized spacial score (nSPS) is 13.4. The second kappa shape index (κ2) is 5.96. The Labute approximate surface area is 132 Å². The molecule has 0 aromatic heterocycles. The standard InChI is InChI=1S/C16H14N2O5/c1-10(11-6-7-14-15(8-11)23-9-22-14)17-16(19)12-4-2-3-5-13(12)18(20)21/h2-8,10H,9H2,1H3,(H,17,19)/t10-/m0/s1. The van der Waals surface area contributed by atoms with Gasteiger partial charge in [-0.25, -0.2) is 0 Å². The van der Waals surface area contributed by atoms with Crippen LogP contribution in [0.25, 0.3) is 0 Å². The fourth-order valence-electron chi connectivity index (χ4n) is 2.37. The number of nitrogens with zero attached hydrogens (tertiary/aromatic N) is 1. The van der Waals surface area contributed by atoms with Gasteiger partial charge in [-0.15, -0.1) is 0 Å². The van der Waals surface area contributed by atoms with Crippen molar-refractivity contribution in [3.8, 4) is 11.5 Å². The lowest BCUT2D eigenvalue weighted by Crippen LogP contribution is -2.27. The molecule has 1 aliphatic rings. The Morgan fingerprint density at radius 1 is 1.22 bits per heavy atom. The molecule has 7 heteroatoms. The van der Waals surface area contributed by atoms with Crippen LogP contribution in [0.2, 0.25) is 0 Å². The maximum atomic E-state index is 12.3. The Balaban J connectivity index is 1.79. The highest BCUT2D eigenvalue weighted by molar-refractivity contribution is 5.98. The van der Waals surface area contributed by atoms with Gasteiger partial charge in [-0.05, 0) is 30.7 Å². The van der Waals surface area contributed by atoms with E-state index < -0.39 is 10.8 Å². The van der Waals surface area contributed by atoms with Gasteiger partial charge in [-0.1, -0.05) is 18.2 Å². The third-order valence-electron chi connectivity index (χ3n) is 3.59. The molecule has 0 saturated carbocycles. The molecule has 1 aliphatic heterocycles. The smallest absolute Gasteiger partial charge is 0.282 e. The second-order valence-electron chi connectivity index (χ2n) is 5.08. The van der Waals surface area contributed by atoms with Crippen molar-refractivity contribution >= 4 is 11.6 Å². The minimum atomic E-state index is -0.569. The largest absolute Gasteiger partial charge is 0.454 e. The summed E-state index contributed by atoms with van der Waals surface area (Å²) in [4.78, 5) is 22.8. The average Bonchev–Trinajstić information content (AvgIpc) is 3.02. The predicted molar refractivity (Wildman–Crippen MR) is 81.5 cm³/mol. The Hall–Kier alpha value is -3.09. The molecule has 23 heavy (non-hydrogen) atoms. The first-order chi connectivity index (χ1) is 11.1. The zero-order valence-corrected chi connectivity index (χ0v) is 12.3. The molecular weight excluding hydrogens is 300 g/mol. The van der Waals surface area contributed by atoms with Gasteiger partial charge in [0.2, 0.25) is 6.79 Å². The van der Waals surface area contributed by atoms with Gasteiger partial charge < -0.3 is 14.8 Å². The molecule has 1 amide bonds. The van der Waals surface area contributed by atoms with Crippen LogP contribution in [0, 0.1) is 10.1 Å². The average molecular weight is 314 g/mol. The SMILES string of the molecule is C[C@H](NC(=O)c1ccccc1[N+](=O)[O-])c1ccc2c(c1)OCO2. The third kappa shape index (κ3) is 2.94. The molecule has 1 heterocycles. The van der Waals surface area contributed by atoms with E-state index in [9.17, 15) is 14.9 Å². The van der Waals surface area contributed by atoms with Crippen LogP contribution in [0.5, 0.6) is 11.5 Å². The summed E-state index contributed by atoms with van der Waals surface area (Å²) >= 11 is 0. The van der Waals surface area contributed by atoms with Crippen molar-refractivity contribution in [3.05, 3.63) is 63.7 Å². The van der Waals surface area contributed by atoms with E-state index in [0.717, 1.165) is 5.56 Å². The molecule has 0 radical (unpaired) electrons. The fraction of sp³-hybridized carbons (Fsp3) is 0.188. The molecule has 0 spiro atoms. The lowest BCUT2D eigenvalue weighted by molar-refractivity contribution is -0.385. The molecule has 118 valence electrons. The van der Waals surface area contributed by atoms with Gasteiger partial charge >= 0.3 is 0 Å². The molecule has 2 aromatic rings. The molecule has 7 nitrogen and oxygen atoms in total. The van der Waals surface area contributed by atoms with Crippen molar-refractivity contribution in [2.24, 2.45) is 0 Å². The summed E-state index contributed by atoms with van der Waals surface area (Å²) in [5.74, 6) is 0.780. The van der Waals surface area contributed by atoms with E-state index in [0.29, 0.717) is 11.5 Å². The fourth-order valence-corrected chi connectivity index (χ4v) is 2.37. The van der Waals surface area contributed by atoms with Crippen molar-refractivity contribution in [1.82, 2.24) is 5.32 Å². The molecule has 3 rings (SSSR count). The zero-order valence-electron chi connectivity index (χ0n) is 12.3. The van der Waals surface area contributed by atoms with Gasteiger partial charge in [-0.3, -0.25) is 14.9 Å². The highest BCUT2D eigenvalue weighted by Crippen LogP contribution is 2.34. The van der Waals surface area contributed by atoms with Crippen molar-refractivity contribution in [1.29, 1.82) is 0 Å². The van der Waals surface area contributed by atoms with E-state index in [1.165, 1.54) is 18.2 Å². The van der Waals surface area contributed by atoms with Crippen LogP contribution in [-0.4, -0.2) is 17.6 Å². The molecule has 2 aromatic carbocycles. The van der Waals surface area contributed by atoms with Gasteiger partial charge in [0.15, 0.2) is 11.5 Å². The number of nitro groups is 1. The van der Waals surface area contributed by atoms with Gasteiger partial charge in [0.1, 0.15) is 5.56 Å². The van der Waals surface area contributed by atoms with Gasteiger partial charge in [-0.2, -0.15) is 0 Å². The van der Waals surface area contributed by atoms with E-state index in [1.807, 2.05) is 6.07 Å². The van der Waals surface area contributed by atoms with E-state index >= 15 is 0 Å². The number of hydrogen-bond acceptors (Lipinski definition) is 5. The van der Waals surface area contributed by atoms with Crippen molar-refractivity contribution < 1.29 is 19.2 Å². The molecule has 0 bridgehead atoms. The highest BCUT2D eigenvalue weighted by Gasteiger charge is 2.22. The van der Waals surface area contributed by atoms with Gasteiger partial charge in [0, 0.05) is 6.07 Å². The minimum Gasteiger partial charge on any atom is -0.454 e. The Bertz CT molecular complexity index is 775. The number of fused-ring (bicyclic) bond motifs is 1. The summed E-state index contributed by atoms with van der Waals surface area (Å²) in [5.41, 5.74) is 0.633. The Morgan fingerprint density at radius 2 is 1.96 bits per heavy atom. The van der Waals surface area contributed by atoms with Crippen LogP contribution < -0.4 is 14.8 Å². The van der Waals surface area contributed by atoms with Crippen LogP contribution in [0.1, 0.15) is 28.9 Å². The van der Waals surface area contributed by atoms with Crippen LogP contribution >= 0.6 is 0 Å². The number of carbonyl (C=O) groups is 1. The summed E-state index contributed by atoms with van der Waals surface area (Å²) in [6.07, 6.45) is 0. The quantitative estimate of drug-likeness (QED) is 0.692. The number of carbonyl (C=O) groups excluding carboxylic acids is 1. The van der Waals surface area contributed by atoms with E-state index in [1.54, 1.807) is 25.1 Å². The number of ether oxygens (including phenoxy) is 2. The van der Waals surface area contributed by atoms with Crippen LogP contribution in [0.3, 0.4) is 0 Å². The van der Waals surface area contributed by atoms with Crippen molar-refractivity contribution in [3.63, 3.8) is 0 Å². The summed E-state index contributed by atoms with van der Waals surface area (Å²) in [6.45, 7) is 1.97. The first kappa shape index (κ1) is 14.8. The third-order valence-corrected chi connectivity index (χ3v) is 3.59. The number of nitro benzene ring substituents is 1.